The third-order valence-corrected chi connectivity index (χ3v) is 3.36. The molecule has 0 saturated heterocycles. The zero-order valence-electron chi connectivity index (χ0n) is 10.6. The van der Waals surface area contributed by atoms with E-state index >= 15 is 0 Å². The van der Waals surface area contributed by atoms with Crippen molar-refractivity contribution in [3.63, 3.8) is 0 Å². The van der Waals surface area contributed by atoms with E-state index in [1.165, 1.54) is 5.56 Å². The van der Waals surface area contributed by atoms with Crippen LogP contribution >= 0.6 is 0 Å². The summed E-state index contributed by atoms with van der Waals surface area (Å²) < 4.78 is 10.7. The average molecular weight is 248 g/mol. The standard InChI is InChI=1S/C13H16N2O3/c1-14(2)13(16)15-4-3-9-5-11-12(18-8-17-11)6-10(9)7-15/h5-6H,3-4,7-8H2,1-2H3. The first kappa shape index (κ1) is 11.2. The third-order valence-electron chi connectivity index (χ3n) is 3.36. The van der Waals surface area contributed by atoms with Crippen LogP contribution in [0.1, 0.15) is 11.1 Å². The Balaban J connectivity index is 1.87. The first-order valence-electron chi connectivity index (χ1n) is 6.03. The van der Waals surface area contributed by atoms with Crippen molar-refractivity contribution in [1.29, 1.82) is 0 Å². The monoisotopic (exact) mass is 248 g/mol. The maximum Gasteiger partial charge on any atom is 0.319 e. The number of carbonyl (C=O) groups excluding carboxylic acids is 1. The summed E-state index contributed by atoms with van der Waals surface area (Å²) >= 11 is 0. The molecule has 0 radical (unpaired) electrons. The van der Waals surface area contributed by atoms with Gasteiger partial charge in [0.1, 0.15) is 0 Å². The average Bonchev–Trinajstić information content (AvgIpc) is 2.81. The second kappa shape index (κ2) is 4.08. The Kier molecular flexibility index (Phi) is 2.54. The van der Waals surface area contributed by atoms with Gasteiger partial charge in [-0.15, -0.1) is 0 Å². The lowest BCUT2D eigenvalue weighted by Crippen LogP contribution is -2.42. The fourth-order valence-electron chi connectivity index (χ4n) is 2.39. The van der Waals surface area contributed by atoms with Crippen molar-refractivity contribution in [2.24, 2.45) is 0 Å². The Labute approximate surface area is 106 Å². The van der Waals surface area contributed by atoms with Gasteiger partial charge >= 0.3 is 6.03 Å². The molecule has 2 heterocycles. The molecule has 0 atom stereocenters. The lowest BCUT2D eigenvalue weighted by Gasteiger charge is -2.31. The second-order valence-electron chi connectivity index (χ2n) is 4.82. The molecular weight excluding hydrogens is 232 g/mol. The van der Waals surface area contributed by atoms with Gasteiger partial charge in [0, 0.05) is 27.2 Å². The Morgan fingerprint density at radius 1 is 1.22 bits per heavy atom. The van der Waals surface area contributed by atoms with E-state index in [0.717, 1.165) is 30.0 Å². The van der Waals surface area contributed by atoms with Gasteiger partial charge in [-0.05, 0) is 29.7 Å². The highest BCUT2D eigenvalue weighted by atomic mass is 16.7. The molecule has 5 heteroatoms. The summed E-state index contributed by atoms with van der Waals surface area (Å²) in [5.74, 6) is 1.61. The minimum Gasteiger partial charge on any atom is -0.454 e. The molecule has 2 aliphatic rings. The zero-order valence-corrected chi connectivity index (χ0v) is 10.6. The van der Waals surface area contributed by atoms with Crippen LogP contribution in [0.3, 0.4) is 0 Å². The van der Waals surface area contributed by atoms with Crippen LogP contribution in [0.2, 0.25) is 0 Å². The van der Waals surface area contributed by atoms with Gasteiger partial charge in [-0.1, -0.05) is 0 Å². The van der Waals surface area contributed by atoms with Gasteiger partial charge in [0.15, 0.2) is 11.5 Å². The summed E-state index contributed by atoms with van der Waals surface area (Å²) in [7, 11) is 3.55. The Morgan fingerprint density at radius 3 is 2.56 bits per heavy atom. The van der Waals surface area contributed by atoms with Crippen molar-refractivity contribution >= 4 is 6.03 Å². The predicted molar refractivity (Wildman–Crippen MR) is 65.8 cm³/mol. The highest BCUT2D eigenvalue weighted by Crippen LogP contribution is 2.36. The van der Waals surface area contributed by atoms with E-state index in [4.69, 9.17) is 9.47 Å². The van der Waals surface area contributed by atoms with Gasteiger partial charge in [-0.25, -0.2) is 4.79 Å². The van der Waals surface area contributed by atoms with Crippen molar-refractivity contribution in [2.75, 3.05) is 27.4 Å². The molecule has 0 spiro atoms. The first-order valence-corrected chi connectivity index (χ1v) is 6.03. The topological polar surface area (TPSA) is 42.0 Å². The van der Waals surface area contributed by atoms with Crippen molar-refractivity contribution in [2.45, 2.75) is 13.0 Å². The zero-order chi connectivity index (χ0) is 12.7. The van der Waals surface area contributed by atoms with Gasteiger partial charge in [0.25, 0.3) is 0 Å². The van der Waals surface area contributed by atoms with Crippen molar-refractivity contribution in [3.05, 3.63) is 23.3 Å². The van der Waals surface area contributed by atoms with Crippen LogP contribution < -0.4 is 9.47 Å². The fraction of sp³-hybridized carbons (Fsp3) is 0.462. The smallest absolute Gasteiger partial charge is 0.319 e. The van der Waals surface area contributed by atoms with E-state index in [9.17, 15) is 4.79 Å². The Morgan fingerprint density at radius 2 is 1.89 bits per heavy atom. The van der Waals surface area contributed by atoms with Gasteiger partial charge < -0.3 is 19.3 Å². The summed E-state index contributed by atoms with van der Waals surface area (Å²) in [5.41, 5.74) is 2.41. The van der Waals surface area contributed by atoms with Crippen LogP contribution in [0, 0.1) is 0 Å². The van der Waals surface area contributed by atoms with Crippen LogP contribution in [-0.4, -0.2) is 43.3 Å². The molecule has 2 amide bonds. The number of ether oxygens (including phenoxy) is 2. The van der Waals surface area contributed by atoms with E-state index in [1.807, 2.05) is 17.0 Å². The number of benzene rings is 1. The maximum absolute atomic E-state index is 11.9. The molecule has 96 valence electrons. The number of fused-ring (bicyclic) bond motifs is 2. The highest BCUT2D eigenvalue weighted by molar-refractivity contribution is 5.74. The van der Waals surface area contributed by atoms with E-state index < -0.39 is 0 Å². The first-order chi connectivity index (χ1) is 8.65. The second-order valence-corrected chi connectivity index (χ2v) is 4.82. The summed E-state index contributed by atoms with van der Waals surface area (Å²) in [6, 6.07) is 4.08. The quantitative estimate of drug-likeness (QED) is 0.698. The molecular formula is C13H16N2O3. The van der Waals surface area contributed by atoms with Crippen LogP contribution in [0.15, 0.2) is 12.1 Å². The molecule has 0 unspecified atom stereocenters. The van der Waals surface area contributed by atoms with Crippen molar-refractivity contribution in [1.82, 2.24) is 9.80 Å². The summed E-state index contributed by atoms with van der Waals surface area (Å²) in [5, 5.41) is 0. The molecule has 5 nitrogen and oxygen atoms in total. The molecule has 1 aromatic rings. The van der Waals surface area contributed by atoms with E-state index in [1.54, 1.807) is 19.0 Å². The van der Waals surface area contributed by atoms with Gasteiger partial charge in [0.05, 0.1) is 0 Å². The molecule has 18 heavy (non-hydrogen) atoms. The van der Waals surface area contributed by atoms with Crippen molar-refractivity contribution < 1.29 is 14.3 Å². The molecule has 3 rings (SSSR count). The van der Waals surface area contributed by atoms with Gasteiger partial charge in [-0.3, -0.25) is 0 Å². The SMILES string of the molecule is CN(C)C(=O)N1CCc2cc3c(cc2C1)OCO3. The number of rotatable bonds is 0. The highest BCUT2D eigenvalue weighted by Gasteiger charge is 2.25. The number of hydrogen-bond acceptors (Lipinski definition) is 3. The largest absolute Gasteiger partial charge is 0.454 e. The number of hydrogen-bond donors (Lipinski definition) is 0. The van der Waals surface area contributed by atoms with Crippen LogP contribution in [0.4, 0.5) is 4.79 Å². The Bertz CT molecular complexity index is 499. The molecule has 2 aliphatic heterocycles. The van der Waals surface area contributed by atoms with Gasteiger partial charge in [-0.2, -0.15) is 0 Å². The predicted octanol–water partition coefficient (Wildman–Crippen LogP) is 1.45. The minimum atomic E-state index is 0.0540. The van der Waals surface area contributed by atoms with Crippen LogP contribution in [0.5, 0.6) is 11.5 Å². The van der Waals surface area contributed by atoms with E-state index in [0.29, 0.717) is 13.3 Å². The molecule has 0 fully saturated rings. The summed E-state index contributed by atoms with van der Waals surface area (Å²) in [6.45, 7) is 1.69. The molecule has 0 bridgehead atoms. The number of urea groups is 1. The molecule has 0 N–H and O–H groups in total. The van der Waals surface area contributed by atoms with Crippen LogP contribution in [0.25, 0.3) is 0 Å². The third kappa shape index (κ3) is 1.75. The fourth-order valence-corrected chi connectivity index (χ4v) is 2.39. The number of nitrogens with zero attached hydrogens (tertiary/aromatic N) is 2. The van der Waals surface area contributed by atoms with Crippen LogP contribution in [-0.2, 0) is 13.0 Å². The number of carbonyl (C=O) groups is 1. The molecule has 0 aliphatic carbocycles. The number of amides is 2. The summed E-state index contributed by atoms with van der Waals surface area (Å²) in [4.78, 5) is 15.4. The molecule has 0 aromatic heterocycles. The molecule has 0 saturated carbocycles. The summed E-state index contributed by atoms with van der Waals surface area (Å²) in [6.07, 6.45) is 0.867. The lowest BCUT2D eigenvalue weighted by molar-refractivity contribution is 0.165. The Hall–Kier alpha value is -1.91. The maximum atomic E-state index is 11.9. The van der Waals surface area contributed by atoms with Gasteiger partial charge in [0.2, 0.25) is 6.79 Å². The van der Waals surface area contributed by atoms with E-state index in [-0.39, 0.29) is 6.03 Å². The normalized spacial score (nSPS) is 16.4. The van der Waals surface area contributed by atoms with E-state index in [2.05, 4.69) is 0 Å². The minimum absolute atomic E-state index is 0.0540. The molecule has 1 aromatic carbocycles. The lowest BCUT2D eigenvalue weighted by atomic mass is 9.99. The van der Waals surface area contributed by atoms with Crippen molar-refractivity contribution in [3.8, 4) is 11.5 Å².